The number of benzene rings is 2. The van der Waals surface area contributed by atoms with Crippen LogP contribution in [0.2, 0.25) is 5.02 Å². The number of hydrazone groups is 1. The van der Waals surface area contributed by atoms with Crippen molar-refractivity contribution in [2.75, 3.05) is 0 Å². The predicted molar refractivity (Wildman–Crippen MR) is 96.7 cm³/mol. The Morgan fingerprint density at radius 2 is 1.88 bits per heavy atom. The molecule has 0 radical (unpaired) electrons. The topological polar surface area (TPSA) is 96.0 Å². The molecular weight excluding hydrogens is 358 g/mol. The number of carbonyl (C=O) groups is 1. The zero-order chi connectivity index (χ0) is 18.9. The van der Waals surface area contributed by atoms with Crippen molar-refractivity contribution in [1.29, 1.82) is 0 Å². The van der Waals surface area contributed by atoms with Gasteiger partial charge in [0, 0.05) is 34.9 Å². The minimum atomic E-state index is -1.58. The highest BCUT2D eigenvalue weighted by molar-refractivity contribution is 6.30. The lowest BCUT2D eigenvalue weighted by Crippen LogP contribution is -2.44. The highest BCUT2D eigenvalue weighted by Crippen LogP contribution is 2.36. The Balaban J connectivity index is 1.84. The number of nitro benzene ring substituents is 1. The van der Waals surface area contributed by atoms with Crippen LogP contribution in [0.4, 0.5) is 5.69 Å². The van der Waals surface area contributed by atoms with Gasteiger partial charge in [-0.05, 0) is 24.6 Å². The molecule has 8 heteroatoms. The maximum Gasteiger partial charge on any atom is 0.269 e. The maximum atomic E-state index is 12.7. The molecular formula is C18H16ClN3O4. The van der Waals surface area contributed by atoms with E-state index < -0.39 is 16.6 Å². The molecule has 1 heterocycles. The quantitative estimate of drug-likeness (QED) is 0.657. The normalized spacial score (nSPS) is 19.3. The van der Waals surface area contributed by atoms with Crippen LogP contribution in [0.5, 0.6) is 0 Å². The third kappa shape index (κ3) is 3.44. The van der Waals surface area contributed by atoms with Crippen LogP contribution in [0.1, 0.15) is 24.5 Å². The fourth-order valence-corrected chi connectivity index (χ4v) is 3.03. The molecule has 2 aromatic carbocycles. The van der Waals surface area contributed by atoms with E-state index in [-0.39, 0.29) is 18.5 Å². The molecule has 1 amide bonds. The van der Waals surface area contributed by atoms with Gasteiger partial charge in [-0.2, -0.15) is 10.1 Å². The van der Waals surface area contributed by atoms with E-state index in [0.29, 0.717) is 21.9 Å². The molecule has 1 aliphatic rings. The van der Waals surface area contributed by atoms with E-state index in [1.54, 1.807) is 31.2 Å². The number of amides is 1. The Morgan fingerprint density at radius 3 is 2.46 bits per heavy atom. The van der Waals surface area contributed by atoms with Gasteiger partial charge < -0.3 is 5.11 Å². The first kappa shape index (κ1) is 18.0. The van der Waals surface area contributed by atoms with Crippen LogP contribution in [0.3, 0.4) is 0 Å². The number of aliphatic hydroxyl groups is 1. The first-order valence-electron chi connectivity index (χ1n) is 7.88. The molecule has 26 heavy (non-hydrogen) atoms. The second-order valence-electron chi connectivity index (χ2n) is 6.14. The summed E-state index contributed by atoms with van der Waals surface area (Å²) in [6.45, 7) is 1.74. The molecule has 0 aromatic heterocycles. The predicted octanol–water partition coefficient (Wildman–Crippen LogP) is 3.24. The lowest BCUT2D eigenvalue weighted by Gasteiger charge is -2.31. The Labute approximate surface area is 154 Å². The van der Waals surface area contributed by atoms with E-state index in [1.807, 2.05) is 0 Å². The van der Waals surface area contributed by atoms with Crippen LogP contribution in [0.25, 0.3) is 0 Å². The lowest BCUT2D eigenvalue weighted by atomic mass is 9.97. The molecule has 0 spiro atoms. The van der Waals surface area contributed by atoms with Gasteiger partial charge in [0.1, 0.15) is 0 Å². The summed E-state index contributed by atoms with van der Waals surface area (Å²) in [4.78, 5) is 22.9. The number of carbonyl (C=O) groups excluding carboxylic acids is 1. The maximum absolute atomic E-state index is 12.7. The average Bonchev–Trinajstić information content (AvgIpc) is 2.91. The zero-order valence-corrected chi connectivity index (χ0v) is 14.7. The largest absolute Gasteiger partial charge is 0.365 e. The molecule has 0 fully saturated rings. The van der Waals surface area contributed by atoms with Gasteiger partial charge >= 0.3 is 0 Å². The summed E-state index contributed by atoms with van der Waals surface area (Å²) in [5.41, 5.74) is 0.110. The van der Waals surface area contributed by atoms with E-state index in [0.717, 1.165) is 5.01 Å². The van der Waals surface area contributed by atoms with Crippen molar-refractivity contribution in [3.63, 3.8) is 0 Å². The minimum Gasteiger partial charge on any atom is -0.365 e. The SMILES string of the molecule is CC1=NN(C(=O)Cc2ccc([N+](=O)[O-])cc2)[C@@](O)(c2ccc(Cl)cc2)C1. The third-order valence-electron chi connectivity index (χ3n) is 4.17. The van der Waals surface area contributed by atoms with E-state index in [1.165, 1.54) is 24.3 Å². The molecule has 0 bridgehead atoms. The van der Waals surface area contributed by atoms with Gasteiger partial charge in [0.15, 0.2) is 5.72 Å². The van der Waals surface area contributed by atoms with Gasteiger partial charge in [-0.25, -0.2) is 0 Å². The molecule has 0 unspecified atom stereocenters. The van der Waals surface area contributed by atoms with Crippen molar-refractivity contribution in [3.8, 4) is 0 Å². The minimum absolute atomic E-state index is 0.0370. The summed E-state index contributed by atoms with van der Waals surface area (Å²) < 4.78 is 0. The smallest absolute Gasteiger partial charge is 0.269 e. The number of nitrogens with zero attached hydrogens (tertiary/aromatic N) is 3. The molecule has 3 rings (SSSR count). The Hall–Kier alpha value is -2.77. The first-order chi connectivity index (χ1) is 12.3. The van der Waals surface area contributed by atoms with Crippen molar-refractivity contribution < 1.29 is 14.8 Å². The first-order valence-corrected chi connectivity index (χ1v) is 8.26. The van der Waals surface area contributed by atoms with Crippen LogP contribution >= 0.6 is 11.6 Å². The van der Waals surface area contributed by atoms with Crippen molar-refractivity contribution in [2.24, 2.45) is 5.10 Å². The van der Waals surface area contributed by atoms with E-state index in [2.05, 4.69) is 5.10 Å². The summed E-state index contributed by atoms with van der Waals surface area (Å²) in [5.74, 6) is -0.409. The average molecular weight is 374 g/mol. The Morgan fingerprint density at radius 1 is 1.27 bits per heavy atom. The van der Waals surface area contributed by atoms with Gasteiger partial charge in [0.25, 0.3) is 5.69 Å². The van der Waals surface area contributed by atoms with Crippen molar-refractivity contribution >= 4 is 28.9 Å². The molecule has 1 aliphatic heterocycles. The second kappa shape index (κ2) is 6.86. The zero-order valence-electron chi connectivity index (χ0n) is 13.9. The summed E-state index contributed by atoms with van der Waals surface area (Å²) in [7, 11) is 0. The number of nitro groups is 1. The highest BCUT2D eigenvalue weighted by atomic mass is 35.5. The molecule has 134 valence electrons. The Kier molecular flexibility index (Phi) is 4.76. The number of non-ortho nitro benzene ring substituents is 1. The van der Waals surface area contributed by atoms with Gasteiger partial charge in [0.2, 0.25) is 5.91 Å². The van der Waals surface area contributed by atoms with Crippen molar-refractivity contribution in [2.45, 2.75) is 25.5 Å². The fourth-order valence-electron chi connectivity index (χ4n) is 2.91. The van der Waals surface area contributed by atoms with Crippen LogP contribution in [0.15, 0.2) is 53.6 Å². The summed E-state index contributed by atoms with van der Waals surface area (Å²) in [6.07, 6.45) is 0.158. The van der Waals surface area contributed by atoms with Gasteiger partial charge in [0.05, 0.1) is 11.3 Å². The number of rotatable bonds is 4. The second-order valence-corrected chi connectivity index (χ2v) is 6.58. The van der Waals surface area contributed by atoms with E-state index in [4.69, 9.17) is 11.6 Å². The molecule has 2 aromatic rings. The van der Waals surface area contributed by atoms with Gasteiger partial charge in [-0.3, -0.25) is 14.9 Å². The molecule has 0 saturated heterocycles. The van der Waals surface area contributed by atoms with E-state index >= 15 is 0 Å². The Bertz CT molecular complexity index is 880. The van der Waals surface area contributed by atoms with Crippen LogP contribution < -0.4 is 0 Å². The summed E-state index contributed by atoms with van der Waals surface area (Å²) in [6, 6.07) is 12.3. The van der Waals surface area contributed by atoms with Crippen LogP contribution in [-0.2, 0) is 16.9 Å². The van der Waals surface area contributed by atoms with Gasteiger partial charge in [-0.1, -0.05) is 35.9 Å². The summed E-state index contributed by atoms with van der Waals surface area (Å²) >= 11 is 5.89. The molecule has 1 N–H and O–H groups in total. The molecule has 1 atom stereocenters. The standard InChI is InChI=1S/C18H16ClN3O4/c1-12-11-18(24,14-4-6-15(19)7-5-14)21(20-12)17(23)10-13-2-8-16(9-3-13)22(25)26/h2-9,24H,10-11H2,1H3/t18-/m0/s1. The number of hydrogen-bond donors (Lipinski definition) is 1. The van der Waals surface area contributed by atoms with Crippen molar-refractivity contribution in [3.05, 3.63) is 74.8 Å². The summed E-state index contributed by atoms with van der Waals surface area (Å²) in [5, 5.41) is 27.6. The van der Waals surface area contributed by atoms with Crippen LogP contribution in [-0.4, -0.2) is 26.7 Å². The number of halogens is 1. The molecule has 7 nitrogen and oxygen atoms in total. The van der Waals surface area contributed by atoms with Crippen molar-refractivity contribution in [1.82, 2.24) is 5.01 Å². The third-order valence-corrected chi connectivity index (χ3v) is 4.42. The lowest BCUT2D eigenvalue weighted by molar-refractivity contribution is -0.384. The molecule has 0 aliphatic carbocycles. The van der Waals surface area contributed by atoms with Crippen LogP contribution in [0, 0.1) is 10.1 Å². The van der Waals surface area contributed by atoms with E-state index in [9.17, 15) is 20.0 Å². The fraction of sp³-hybridized carbons (Fsp3) is 0.222. The van der Waals surface area contributed by atoms with Gasteiger partial charge in [-0.15, -0.1) is 0 Å². The number of hydrogen-bond acceptors (Lipinski definition) is 5. The molecule has 0 saturated carbocycles. The monoisotopic (exact) mass is 373 g/mol. The highest BCUT2D eigenvalue weighted by Gasteiger charge is 2.44.